The van der Waals surface area contributed by atoms with Gasteiger partial charge in [0.25, 0.3) is 0 Å². The minimum atomic E-state index is 0.955. The van der Waals surface area contributed by atoms with Gasteiger partial charge in [-0.2, -0.15) is 0 Å². The lowest BCUT2D eigenvalue weighted by Gasteiger charge is -2.11. The van der Waals surface area contributed by atoms with Crippen molar-refractivity contribution >= 4 is 37.4 Å². The Morgan fingerprint density at radius 3 is 1.61 bits per heavy atom. The van der Waals surface area contributed by atoms with Crippen molar-refractivity contribution in [1.82, 2.24) is 0 Å². The Morgan fingerprint density at radius 2 is 1.22 bits per heavy atom. The lowest BCUT2D eigenvalue weighted by Crippen LogP contribution is -1.91. The summed E-state index contributed by atoms with van der Waals surface area (Å²) in [5.41, 5.74) is 3.77. The van der Waals surface area contributed by atoms with Gasteiger partial charge in [0.2, 0.25) is 0 Å². The predicted molar refractivity (Wildman–Crippen MR) is 86.2 cm³/mol. The number of allylic oxidation sites excluding steroid dienone is 1. The normalized spacial score (nSPS) is 10.1. The molecule has 0 spiro atoms. The van der Waals surface area contributed by atoms with Crippen LogP contribution in [0, 0.1) is 0 Å². The van der Waals surface area contributed by atoms with E-state index in [9.17, 15) is 0 Å². The van der Waals surface area contributed by atoms with Gasteiger partial charge < -0.3 is 0 Å². The Balaban J connectivity index is 2.52. The molecule has 0 fully saturated rings. The molecule has 18 heavy (non-hydrogen) atoms. The number of hydrogen-bond donors (Lipinski definition) is 0. The molecule has 0 saturated carbocycles. The van der Waals surface area contributed by atoms with Crippen LogP contribution >= 0.6 is 31.9 Å². The molecule has 2 rings (SSSR count). The van der Waals surface area contributed by atoms with Crippen LogP contribution in [0.3, 0.4) is 0 Å². The SMILES string of the molecule is BrCCC(Br)=C(c1ccccc1)c1ccccc1. The average molecular weight is 366 g/mol. The second kappa shape index (κ2) is 6.91. The molecule has 0 aliphatic rings. The summed E-state index contributed by atoms with van der Waals surface area (Å²) in [4.78, 5) is 0. The topological polar surface area (TPSA) is 0 Å². The maximum Gasteiger partial charge on any atom is 0.00771 e. The van der Waals surface area contributed by atoms with Crippen LogP contribution in [0.1, 0.15) is 17.5 Å². The van der Waals surface area contributed by atoms with E-state index in [-0.39, 0.29) is 0 Å². The quantitative estimate of drug-likeness (QED) is 0.616. The molecule has 0 atom stereocenters. The van der Waals surface area contributed by atoms with E-state index in [0.29, 0.717) is 0 Å². The fourth-order valence-corrected chi connectivity index (χ4v) is 3.48. The number of halogens is 2. The molecule has 0 amide bonds. The summed E-state index contributed by atoms with van der Waals surface area (Å²) in [6.45, 7) is 0. The smallest absolute Gasteiger partial charge is 0.00771 e. The third-order valence-corrected chi connectivity index (χ3v) is 3.90. The van der Waals surface area contributed by atoms with Crippen molar-refractivity contribution in [3.63, 3.8) is 0 Å². The van der Waals surface area contributed by atoms with Crippen LogP contribution in [-0.2, 0) is 0 Å². The molecule has 0 bridgehead atoms. The van der Waals surface area contributed by atoms with Gasteiger partial charge >= 0.3 is 0 Å². The Morgan fingerprint density at radius 1 is 0.778 bits per heavy atom. The maximum absolute atomic E-state index is 3.73. The summed E-state index contributed by atoms with van der Waals surface area (Å²) in [6.07, 6.45) is 0.985. The first-order valence-electron chi connectivity index (χ1n) is 5.88. The second-order valence-corrected chi connectivity index (χ2v) is 5.70. The summed E-state index contributed by atoms with van der Waals surface area (Å²) in [7, 11) is 0. The number of hydrogen-bond acceptors (Lipinski definition) is 0. The van der Waals surface area contributed by atoms with Crippen LogP contribution in [-0.4, -0.2) is 5.33 Å². The lowest BCUT2D eigenvalue weighted by atomic mass is 9.97. The zero-order valence-electron chi connectivity index (χ0n) is 9.94. The molecule has 0 unspecified atom stereocenters. The highest BCUT2D eigenvalue weighted by Crippen LogP contribution is 2.31. The van der Waals surface area contributed by atoms with E-state index in [4.69, 9.17) is 0 Å². The van der Waals surface area contributed by atoms with Crippen LogP contribution in [0.15, 0.2) is 65.1 Å². The van der Waals surface area contributed by atoms with Crippen molar-refractivity contribution in [2.45, 2.75) is 6.42 Å². The third kappa shape index (κ3) is 3.33. The highest BCUT2D eigenvalue weighted by atomic mass is 79.9. The van der Waals surface area contributed by atoms with Crippen LogP contribution < -0.4 is 0 Å². The predicted octanol–water partition coefficient (Wildman–Crippen LogP) is 5.63. The molecule has 0 N–H and O–H groups in total. The largest absolute Gasteiger partial charge is 0.0924 e. The number of alkyl halides is 1. The summed E-state index contributed by atoms with van der Waals surface area (Å²) in [5, 5.41) is 0.955. The zero-order valence-corrected chi connectivity index (χ0v) is 13.1. The van der Waals surface area contributed by atoms with Crippen molar-refractivity contribution in [1.29, 1.82) is 0 Å². The van der Waals surface area contributed by atoms with E-state index in [1.165, 1.54) is 21.2 Å². The lowest BCUT2D eigenvalue weighted by molar-refractivity contribution is 1.24. The minimum Gasteiger partial charge on any atom is -0.0924 e. The molecule has 92 valence electrons. The molecular formula is C16H14Br2. The molecule has 0 aromatic heterocycles. The molecule has 2 heteroatoms. The van der Waals surface area contributed by atoms with Crippen molar-refractivity contribution in [3.05, 3.63) is 76.3 Å². The number of rotatable bonds is 4. The Labute approximate surface area is 125 Å². The first-order valence-corrected chi connectivity index (χ1v) is 7.80. The monoisotopic (exact) mass is 364 g/mol. The minimum absolute atomic E-state index is 0.955. The molecule has 0 nitrogen and oxygen atoms in total. The third-order valence-electron chi connectivity index (χ3n) is 2.71. The van der Waals surface area contributed by atoms with E-state index in [2.05, 4.69) is 80.4 Å². The summed E-state index contributed by atoms with van der Waals surface area (Å²) in [6, 6.07) is 21.0. The van der Waals surface area contributed by atoms with Gasteiger partial charge in [0.05, 0.1) is 0 Å². The first-order chi connectivity index (χ1) is 8.83. The zero-order chi connectivity index (χ0) is 12.8. The average Bonchev–Trinajstić information content (AvgIpc) is 2.42. The van der Waals surface area contributed by atoms with E-state index in [1.807, 2.05) is 12.1 Å². The molecule has 0 aliphatic heterocycles. The van der Waals surface area contributed by atoms with Crippen molar-refractivity contribution in [3.8, 4) is 0 Å². The molecule has 2 aromatic rings. The van der Waals surface area contributed by atoms with E-state index in [1.54, 1.807) is 0 Å². The van der Waals surface area contributed by atoms with Gasteiger partial charge in [-0.3, -0.25) is 0 Å². The van der Waals surface area contributed by atoms with Gasteiger partial charge in [-0.1, -0.05) is 92.5 Å². The molecule has 0 aliphatic carbocycles. The highest BCUT2D eigenvalue weighted by molar-refractivity contribution is 9.12. The van der Waals surface area contributed by atoms with Crippen molar-refractivity contribution in [2.75, 3.05) is 5.33 Å². The van der Waals surface area contributed by atoms with Crippen LogP contribution in [0.5, 0.6) is 0 Å². The molecule has 0 saturated heterocycles. The highest BCUT2D eigenvalue weighted by Gasteiger charge is 2.09. The summed E-state index contributed by atoms with van der Waals surface area (Å²) in [5.74, 6) is 0. The molecule has 0 heterocycles. The molecule has 0 radical (unpaired) electrons. The van der Waals surface area contributed by atoms with E-state index < -0.39 is 0 Å². The summed E-state index contributed by atoms with van der Waals surface area (Å²) >= 11 is 7.23. The first kappa shape index (κ1) is 13.6. The maximum atomic E-state index is 3.73. The fraction of sp³-hybridized carbons (Fsp3) is 0.125. The van der Waals surface area contributed by atoms with E-state index in [0.717, 1.165) is 11.8 Å². The van der Waals surface area contributed by atoms with Gasteiger partial charge in [-0.05, 0) is 23.1 Å². The van der Waals surface area contributed by atoms with Crippen molar-refractivity contribution < 1.29 is 0 Å². The Bertz CT molecular complexity index is 474. The second-order valence-electron chi connectivity index (χ2n) is 3.95. The van der Waals surface area contributed by atoms with Gasteiger partial charge in [-0.25, -0.2) is 0 Å². The Kier molecular flexibility index (Phi) is 5.21. The van der Waals surface area contributed by atoms with Gasteiger partial charge in [0.1, 0.15) is 0 Å². The molecule has 2 aromatic carbocycles. The van der Waals surface area contributed by atoms with Crippen LogP contribution in [0.2, 0.25) is 0 Å². The van der Waals surface area contributed by atoms with Crippen LogP contribution in [0.25, 0.3) is 5.57 Å². The van der Waals surface area contributed by atoms with Gasteiger partial charge in [0, 0.05) is 9.81 Å². The van der Waals surface area contributed by atoms with Gasteiger partial charge in [-0.15, -0.1) is 0 Å². The summed E-state index contributed by atoms with van der Waals surface area (Å²) < 4.78 is 1.23. The van der Waals surface area contributed by atoms with E-state index >= 15 is 0 Å². The van der Waals surface area contributed by atoms with Gasteiger partial charge in [0.15, 0.2) is 0 Å². The Hall–Kier alpha value is -0.860. The molecular weight excluding hydrogens is 352 g/mol. The standard InChI is InChI=1S/C16H14Br2/c17-12-11-15(18)16(13-7-3-1-4-8-13)14-9-5-2-6-10-14/h1-10H,11-12H2. The number of benzene rings is 2. The van der Waals surface area contributed by atoms with Crippen molar-refractivity contribution in [2.24, 2.45) is 0 Å². The fourth-order valence-electron chi connectivity index (χ4n) is 1.90. The van der Waals surface area contributed by atoms with Crippen LogP contribution in [0.4, 0.5) is 0 Å².